The number of nitrogens with zero attached hydrogens (tertiary/aromatic N) is 3. The molecule has 3 rings (SSSR count). The van der Waals surface area contributed by atoms with Crippen molar-refractivity contribution in [1.82, 2.24) is 14.6 Å². The van der Waals surface area contributed by atoms with Gasteiger partial charge >= 0.3 is 0 Å². The van der Waals surface area contributed by atoms with Crippen LogP contribution in [0.2, 0.25) is 0 Å². The zero-order valence-electron chi connectivity index (χ0n) is 8.15. The van der Waals surface area contributed by atoms with Crippen molar-refractivity contribution in [2.24, 2.45) is 0 Å². The summed E-state index contributed by atoms with van der Waals surface area (Å²) in [5, 5.41) is 4.04. The van der Waals surface area contributed by atoms with Crippen molar-refractivity contribution in [2.75, 3.05) is 5.73 Å². The molecule has 2 aromatic heterocycles. The van der Waals surface area contributed by atoms with Crippen LogP contribution < -0.4 is 5.73 Å². The molecule has 1 fully saturated rings. The third-order valence-corrected chi connectivity index (χ3v) is 3.04. The van der Waals surface area contributed by atoms with Crippen LogP contribution in [-0.4, -0.2) is 14.6 Å². The van der Waals surface area contributed by atoms with E-state index < -0.39 is 0 Å². The van der Waals surface area contributed by atoms with E-state index in [4.69, 9.17) is 5.73 Å². The molecule has 5 heteroatoms. The fourth-order valence-corrected chi connectivity index (χ4v) is 1.98. The number of fused-ring (bicyclic) bond motifs is 1. The summed E-state index contributed by atoms with van der Waals surface area (Å²) in [6.07, 6.45) is 4.85. The molecule has 2 heterocycles. The van der Waals surface area contributed by atoms with Crippen molar-refractivity contribution >= 4 is 11.5 Å². The van der Waals surface area contributed by atoms with Crippen LogP contribution in [0.15, 0.2) is 12.3 Å². The second kappa shape index (κ2) is 2.92. The Labute approximate surface area is 85.9 Å². The molecule has 0 unspecified atom stereocenters. The van der Waals surface area contributed by atoms with Crippen LogP contribution in [0.5, 0.6) is 0 Å². The van der Waals surface area contributed by atoms with Crippen LogP contribution in [-0.2, 0) is 0 Å². The first-order valence-corrected chi connectivity index (χ1v) is 5.05. The van der Waals surface area contributed by atoms with Crippen LogP contribution in [0, 0.1) is 5.82 Å². The quantitative estimate of drug-likeness (QED) is 0.772. The first-order chi connectivity index (χ1) is 7.25. The van der Waals surface area contributed by atoms with E-state index in [1.807, 2.05) is 0 Å². The smallest absolute Gasteiger partial charge is 0.238 e. The van der Waals surface area contributed by atoms with E-state index in [-0.39, 0.29) is 11.8 Å². The topological polar surface area (TPSA) is 56.2 Å². The maximum Gasteiger partial charge on any atom is 0.238 e. The van der Waals surface area contributed by atoms with Crippen molar-refractivity contribution < 1.29 is 4.39 Å². The van der Waals surface area contributed by atoms with Crippen molar-refractivity contribution in [3.8, 4) is 0 Å². The molecule has 0 aromatic carbocycles. The highest BCUT2D eigenvalue weighted by Gasteiger charge is 2.24. The Morgan fingerprint density at radius 3 is 2.93 bits per heavy atom. The van der Waals surface area contributed by atoms with Gasteiger partial charge in [0.2, 0.25) is 5.95 Å². The van der Waals surface area contributed by atoms with Crippen molar-refractivity contribution in [1.29, 1.82) is 0 Å². The Morgan fingerprint density at radius 1 is 1.47 bits per heavy atom. The van der Waals surface area contributed by atoms with Gasteiger partial charge in [-0.1, -0.05) is 6.42 Å². The van der Waals surface area contributed by atoms with Crippen LogP contribution in [0.25, 0.3) is 5.52 Å². The van der Waals surface area contributed by atoms with Crippen molar-refractivity contribution in [3.63, 3.8) is 0 Å². The number of nitrogen functional groups attached to an aromatic ring is 1. The fourth-order valence-electron chi connectivity index (χ4n) is 1.98. The van der Waals surface area contributed by atoms with E-state index in [0.717, 1.165) is 18.5 Å². The second-order valence-corrected chi connectivity index (χ2v) is 3.96. The molecule has 0 amide bonds. The molecule has 0 aliphatic heterocycles. The molecule has 0 saturated heterocycles. The maximum atomic E-state index is 13.5. The van der Waals surface area contributed by atoms with Crippen molar-refractivity contribution in [3.05, 3.63) is 23.8 Å². The minimum Gasteiger partial charge on any atom is -0.367 e. The lowest BCUT2D eigenvalue weighted by atomic mass is 9.83. The predicted octanol–water partition coefficient (Wildman–Crippen LogP) is 1.72. The Hall–Kier alpha value is -1.65. The van der Waals surface area contributed by atoms with E-state index >= 15 is 0 Å². The largest absolute Gasteiger partial charge is 0.367 e. The monoisotopic (exact) mass is 206 g/mol. The summed E-state index contributed by atoms with van der Waals surface area (Å²) in [5.41, 5.74) is 6.82. The van der Waals surface area contributed by atoms with Gasteiger partial charge in [-0.15, -0.1) is 5.10 Å². The second-order valence-electron chi connectivity index (χ2n) is 3.96. The van der Waals surface area contributed by atoms with Gasteiger partial charge in [0.05, 0.1) is 6.20 Å². The summed E-state index contributed by atoms with van der Waals surface area (Å²) >= 11 is 0. The minimum absolute atomic E-state index is 0.179. The maximum absolute atomic E-state index is 13.5. The van der Waals surface area contributed by atoms with Gasteiger partial charge in [-0.3, -0.25) is 0 Å². The Kier molecular flexibility index (Phi) is 1.68. The third kappa shape index (κ3) is 1.19. The third-order valence-electron chi connectivity index (χ3n) is 3.04. The summed E-state index contributed by atoms with van der Waals surface area (Å²) in [7, 11) is 0. The molecule has 1 saturated carbocycles. The molecule has 2 N–H and O–H groups in total. The van der Waals surface area contributed by atoms with Gasteiger partial charge in [-0.25, -0.2) is 13.9 Å². The first kappa shape index (κ1) is 8.64. The average molecular weight is 206 g/mol. The van der Waals surface area contributed by atoms with Gasteiger partial charge in [-0.2, -0.15) is 0 Å². The molecule has 0 bridgehead atoms. The molecule has 0 radical (unpaired) electrons. The Morgan fingerprint density at radius 2 is 2.27 bits per heavy atom. The lowest BCUT2D eigenvalue weighted by molar-refractivity contribution is 0.405. The number of nitrogens with two attached hydrogens (primary N) is 1. The van der Waals surface area contributed by atoms with Gasteiger partial charge in [-0.05, 0) is 18.9 Å². The standard InChI is InChI=1S/C10H11FN4/c11-7-4-8(6-2-1-3-6)15-9(7)5-13-10(12)14-15/h4-6H,1-3H2,(H2,12,14). The zero-order valence-corrected chi connectivity index (χ0v) is 8.15. The van der Waals surface area contributed by atoms with Gasteiger partial charge < -0.3 is 5.73 Å². The molecule has 2 aromatic rings. The van der Waals surface area contributed by atoms with Gasteiger partial charge in [0.25, 0.3) is 0 Å². The number of aromatic nitrogens is 3. The van der Waals surface area contributed by atoms with E-state index in [9.17, 15) is 4.39 Å². The summed E-state index contributed by atoms with van der Waals surface area (Å²) in [5.74, 6) is 0.340. The highest BCUT2D eigenvalue weighted by molar-refractivity contribution is 5.50. The molecule has 0 atom stereocenters. The normalized spacial score (nSPS) is 16.9. The minimum atomic E-state index is -0.267. The van der Waals surface area contributed by atoms with E-state index in [0.29, 0.717) is 11.4 Å². The lowest BCUT2D eigenvalue weighted by Gasteiger charge is -2.24. The number of rotatable bonds is 1. The SMILES string of the molecule is Nc1ncc2c(F)cc(C3CCC3)n2n1. The summed E-state index contributed by atoms with van der Waals surface area (Å²) in [4.78, 5) is 3.79. The molecule has 1 aliphatic rings. The van der Waals surface area contributed by atoms with Gasteiger partial charge in [0, 0.05) is 11.6 Å². The molecule has 0 spiro atoms. The van der Waals surface area contributed by atoms with Crippen LogP contribution in [0.3, 0.4) is 0 Å². The van der Waals surface area contributed by atoms with E-state index in [1.54, 1.807) is 10.6 Å². The van der Waals surface area contributed by atoms with Gasteiger partial charge in [0.1, 0.15) is 5.52 Å². The zero-order chi connectivity index (χ0) is 10.4. The van der Waals surface area contributed by atoms with Crippen LogP contribution >= 0.6 is 0 Å². The molecule has 1 aliphatic carbocycles. The first-order valence-electron chi connectivity index (χ1n) is 5.05. The lowest BCUT2D eigenvalue weighted by Crippen LogP contribution is -2.13. The summed E-state index contributed by atoms with van der Waals surface area (Å²) in [6, 6.07) is 1.55. The number of halogens is 1. The van der Waals surface area contributed by atoms with Crippen LogP contribution in [0.1, 0.15) is 30.9 Å². The predicted molar refractivity (Wildman–Crippen MR) is 53.9 cm³/mol. The molecule has 78 valence electrons. The highest BCUT2D eigenvalue weighted by atomic mass is 19.1. The molecular formula is C10H11FN4. The van der Waals surface area contributed by atoms with Crippen LogP contribution in [0.4, 0.5) is 10.3 Å². The Balaban J connectivity index is 2.24. The van der Waals surface area contributed by atoms with E-state index in [1.165, 1.54) is 12.6 Å². The van der Waals surface area contributed by atoms with Gasteiger partial charge in [0.15, 0.2) is 5.82 Å². The number of hydrogen-bond donors (Lipinski definition) is 1. The summed E-state index contributed by atoms with van der Waals surface area (Å²) in [6.45, 7) is 0. The van der Waals surface area contributed by atoms with E-state index in [2.05, 4.69) is 10.1 Å². The molecule has 15 heavy (non-hydrogen) atoms. The highest BCUT2D eigenvalue weighted by Crippen LogP contribution is 2.37. The number of anilines is 1. The fraction of sp³-hybridized carbons (Fsp3) is 0.400. The number of hydrogen-bond acceptors (Lipinski definition) is 3. The molecule has 4 nitrogen and oxygen atoms in total. The Bertz CT molecular complexity index is 515. The summed E-state index contributed by atoms with van der Waals surface area (Å²) < 4.78 is 15.1. The molecular weight excluding hydrogens is 195 g/mol. The average Bonchev–Trinajstić information content (AvgIpc) is 2.41. The van der Waals surface area contributed by atoms with Crippen molar-refractivity contribution in [2.45, 2.75) is 25.2 Å².